The van der Waals surface area contributed by atoms with E-state index in [-0.39, 0.29) is 0 Å². The molecule has 0 aliphatic rings. The second-order valence-electron chi connectivity index (χ2n) is 3.32. The predicted octanol–water partition coefficient (Wildman–Crippen LogP) is 2.01. The molecule has 84 valence electrons. The highest BCUT2D eigenvalue weighted by atomic mass is 79.9. The van der Waals surface area contributed by atoms with Crippen molar-refractivity contribution in [1.29, 1.82) is 0 Å². The zero-order chi connectivity index (χ0) is 11.4. The second kappa shape index (κ2) is 5.55. The molecule has 0 aliphatic carbocycles. The molecule has 0 radical (unpaired) electrons. The Morgan fingerprint density at radius 2 is 2.33 bits per heavy atom. The Labute approximate surface area is 103 Å². The van der Waals surface area contributed by atoms with E-state index >= 15 is 0 Å². The summed E-state index contributed by atoms with van der Waals surface area (Å²) in [6, 6.07) is 0.408. The molecule has 15 heavy (non-hydrogen) atoms. The molecule has 1 aromatic rings. The molecule has 0 fully saturated rings. The van der Waals surface area contributed by atoms with E-state index in [2.05, 4.69) is 44.0 Å². The lowest BCUT2D eigenvalue weighted by Crippen LogP contribution is -2.32. The van der Waals surface area contributed by atoms with Crippen molar-refractivity contribution in [2.75, 3.05) is 29.7 Å². The van der Waals surface area contributed by atoms with Crippen molar-refractivity contribution in [3.63, 3.8) is 0 Å². The van der Waals surface area contributed by atoms with Gasteiger partial charge in [0, 0.05) is 25.0 Å². The Kier molecular flexibility index (Phi) is 4.66. The summed E-state index contributed by atoms with van der Waals surface area (Å²) in [5, 5.41) is 0. The second-order valence-corrected chi connectivity index (χ2v) is 5.08. The van der Waals surface area contributed by atoms with Crippen LogP contribution in [0.5, 0.6) is 0 Å². The Hall–Kier alpha value is -0.490. The van der Waals surface area contributed by atoms with E-state index in [1.165, 1.54) is 0 Å². The fourth-order valence-corrected chi connectivity index (χ4v) is 2.36. The van der Waals surface area contributed by atoms with Crippen molar-refractivity contribution in [3.8, 4) is 0 Å². The van der Waals surface area contributed by atoms with Crippen LogP contribution in [0.25, 0.3) is 0 Å². The van der Waals surface area contributed by atoms with Crippen LogP contribution in [0.3, 0.4) is 0 Å². The molecular weight excluding hydrogens is 276 g/mol. The smallest absolute Gasteiger partial charge is 0.222 e. The van der Waals surface area contributed by atoms with Crippen molar-refractivity contribution >= 4 is 39.5 Å². The van der Waals surface area contributed by atoms with Crippen LogP contribution in [-0.4, -0.2) is 35.1 Å². The SMILES string of the molecule is CSCC(C)N(C)c1nc(N)ncc1Br. The number of halogens is 1. The van der Waals surface area contributed by atoms with Crippen LogP contribution in [0.15, 0.2) is 10.7 Å². The van der Waals surface area contributed by atoms with Crippen molar-refractivity contribution in [2.45, 2.75) is 13.0 Å². The standard InChI is InChI=1S/C9H15BrN4S/c1-6(5-15-3)14(2)8-7(10)4-12-9(11)13-8/h4,6H,5H2,1-3H3,(H2,11,12,13). The van der Waals surface area contributed by atoms with E-state index in [1.54, 1.807) is 6.20 Å². The number of hydrogen-bond acceptors (Lipinski definition) is 5. The largest absolute Gasteiger partial charge is 0.368 e. The summed E-state index contributed by atoms with van der Waals surface area (Å²) in [7, 11) is 2.01. The van der Waals surface area contributed by atoms with Gasteiger partial charge in [0.2, 0.25) is 5.95 Å². The molecule has 1 atom stereocenters. The molecule has 0 amide bonds. The highest BCUT2D eigenvalue weighted by molar-refractivity contribution is 9.10. The number of nitrogens with zero attached hydrogens (tertiary/aromatic N) is 3. The average molecular weight is 291 g/mol. The molecule has 1 rings (SSSR count). The van der Waals surface area contributed by atoms with Crippen LogP contribution >= 0.6 is 27.7 Å². The average Bonchev–Trinajstić information content (AvgIpc) is 2.21. The fraction of sp³-hybridized carbons (Fsp3) is 0.556. The highest BCUT2D eigenvalue weighted by Crippen LogP contribution is 2.24. The Bertz CT molecular complexity index is 334. The van der Waals surface area contributed by atoms with Gasteiger partial charge < -0.3 is 10.6 Å². The van der Waals surface area contributed by atoms with Gasteiger partial charge in [0.15, 0.2) is 0 Å². The molecule has 1 heterocycles. The first-order valence-corrected chi connectivity index (χ1v) is 6.74. The number of rotatable bonds is 4. The minimum atomic E-state index is 0.302. The Morgan fingerprint density at radius 3 is 2.93 bits per heavy atom. The quantitative estimate of drug-likeness (QED) is 0.919. The lowest BCUT2D eigenvalue weighted by atomic mass is 10.3. The molecule has 6 heteroatoms. The van der Waals surface area contributed by atoms with Crippen LogP contribution in [0.1, 0.15) is 6.92 Å². The summed E-state index contributed by atoms with van der Waals surface area (Å²) in [5.41, 5.74) is 5.56. The maximum Gasteiger partial charge on any atom is 0.222 e. The first kappa shape index (κ1) is 12.6. The molecule has 4 nitrogen and oxygen atoms in total. The number of hydrogen-bond donors (Lipinski definition) is 1. The van der Waals surface area contributed by atoms with E-state index in [9.17, 15) is 0 Å². The molecule has 0 saturated heterocycles. The van der Waals surface area contributed by atoms with Gasteiger partial charge in [-0.2, -0.15) is 16.7 Å². The van der Waals surface area contributed by atoms with E-state index in [0.717, 1.165) is 16.0 Å². The van der Waals surface area contributed by atoms with E-state index < -0.39 is 0 Å². The van der Waals surface area contributed by atoms with Gasteiger partial charge in [-0.1, -0.05) is 0 Å². The summed E-state index contributed by atoms with van der Waals surface area (Å²) in [5.74, 6) is 2.19. The number of nitrogens with two attached hydrogens (primary N) is 1. The van der Waals surface area contributed by atoms with Gasteiger partial charge >= 0.3 is 0 Å². The Morgan fingerprint density at radius 1 is 1.67 bits per heavy atom. The van der Waals surface area contributed by atoms with Gasteiger partial charge in [-0.3, -0.25) is 0 Å². The lowest BCUT2D eigenvalue weighted by molar-refractivity contribution is 0.750. The summed E-state index contributed by atoms with van der Waals surface area (Å²) >= 11 is 5.23. The molecule has 0 aliphatic heterocycles. The van der Waals surface area contributed by atoms with Crippen molar-refractivity contribution in [2.24, 2.45) is 0 Å². The molecule has 0 bridgehead atoms. The molecule has 1 unspecified atom stereocenters. The minimum absolute atomic E-state index is 0.302. The third-order valence-electron chi connectivity index (χ3n) is 2.15. The van der Waals surface area contributed by atoms with Crippen LogP contribution in [-0.2, 0) is 0 Å². The van der Waals surface area contributed by atoms with Crippen LogP contribution in [0, 0.1) is 0 Å². The number of thioether (sulfide) groups is 1. The minimum Gasteiger partial charge on any atom is -0.368 e. The van der Waals surface area contributed by atoms with Gasteiger partial charge in [-0.25, -0.2) is 4.98 Å². The third-order valence-corrected chi connectivity index (χ3v) is 3.52. The van der Waals surface area contributed by atoms with Crippen molar-refractivity contribution in [1.82, 2.24) is 9.97 Å². The predicted molar refractivity (Wildman–Crippen MR) is 70.4 cm³/mol. The zero-order valence-corrected chi connectivity index (χ0v) is 11.5. The van der Waals surface area contributed by atoms with Gasteiger partial charge in [0.05, 0.1) is 4.47 Å². The zero-order valence-electron chi connectivity index (χ0n) is 9.07. The van der Waals surface area contributed by atoms with Gasteiger partial charge in [0.1, 0.15) is 5.82 Å². The van der Waals surface area contributed by atoms with Crippen molar-refractivity contribution < 1.29 is 0 Å². The fourth-order valence-electron chi connectivity index (χ4n) is 1.18. The molecule has 0 spiro atoms. The monoisotopic (exact) mass is 290 g/mol. The third kappa shape index (κ3) is 3.24. The lowest BCUT2D eigenvalue weighted by Gasteiger charge is -2.26. The number of nitrogen functional groups attached to an aromatic ring is 1. The molecular formula is C9H15BrN4S. The van der Waals surface area contributed by atoms with Crippen LogP contribution < -0.4 is 10.6 Å². The first-order valence-electron chi connectivity index (χ1n) is 4.56. The highest BCUT2D eigenvalue weighted by Gasteiger charge is 2.14. The van der Waals surface area contributed by atoms with Crippen LogP contribution in [0.2, 0.25) is 0 Å². The molecule has 2 N–H and O–H groups in total. The molecule has 0 aromatic carbocycles. The first-order chi connectivity index (χ1) is 7.06. The topological polar surface area (TPSA) is 55.0 Å². The maximum atomic E-state index is 5.56. The van der Waals surface area contributed by atoms with E-state index in [1.807, 2.05) is 18.8 Å². The summed E-state index contributed by atoms with van der Waals surface area (Å²) in [4.78, 5) is 10.2. The van der Waals surface area contributed by atoms with E-state index in [0.29, 0.717) is 12.0 Å². The number of anilines is 2. The van der Waals surface area contributed by atoms with Crippen molar-refractivity contribution in [3.05, 3.63) is 10.7 Å². The van der Waals surface area contributed by atoms with Gasteiger partial charge in [-0.05, 0) is 29.1 Å². The molecule has 1 aromatic heterocycles. The van der Waals surface area contributed by atoms with Gasteiger partial charge in [0.25, 0.3) is 0 Å². The number of aromatic nitrogens is 2. The normalized spacial score (nSPS) is 12.5. The Balaban J connectivity index is 2.89. The maximum absolute atomic E-state index is 5.56. The molecule has 0 saturated carbocycles. The van der Waals surface area contributed by atoms with E-state index in [4.69, 9.17) is 5.73 Å². The van der Waals surface area contributed by atoms with Gasteiger partial charge in [-0.15, -0.1) is 0 Å². The summed E-state index contributed by atoms with van der Waals surface area (Å²) in [6.45, 7) is 2.15. The summed E-state index contributed by atoms with van der Waals surface area (Å²) in [6.07, 6.45) is 3.77. The summed E-state index contributed by atoms with van der Waals surface area (Å²) < 4.78 is 0.868. The van der Waals surface area contributed by atoms with Crippen LogP contribution in [0.4, 0.5) is 11.8 Å².